The average Bonchev–Trinajstić information content (AvgIpc) is 3.54. The summed E-state index contributed by atoms with van der Waals surface area (Å²) in [5.41, 5.74) is 6.73. The summed E-state index contributed by atoms with van der Waals surface area (Å²) < 4.78 is 24.4. The summed E-state index contributed by atoms with van der Waals surface area (Å²) in [6.45, 7) is 9.04. The van der Waals surface area contributed by atoms with Crippen molar-refractivity contribution in [1.29, 1.82) is 0 Å². The Hall–Kier alpha value is -1.29. The van der Waals surface area contributed by atoms with Gasteiger partial charge in [0.1, 0.15) is 24.5 Å². The number of aliphatic hydroxyl groups excluding tert-OH is 1. The first kappa shape index (κ1) is 25.0. The van der Waals surface area contributed by atoms with Crippen molar-refractivity contribution in [2.24, 2.45) is 45.4 Å². The molecule has 8 heteroatoms. The normalized spacial score (nSPS) is 50.4. The monoisotopic (exact) mass is 502 g/mol. The van der Waals surface area contributed by atoms with Gasteiger partial charge in [0, 0.05) is 16.7 Å². The van der Waals surface area contributed by atoms with Gasteiger partial charge in [0.25, 0.3) is 0 Å². The quantitative estimate of drug-likeness (QED) is 0.438. The first-order chi connectivity index (χ1) is 17.3. The zero-order valence-corrected chi connectivity index (χ0v) is 21.9. The van der Waals surface area contributed by atoms with Crippen LogP contribution in [0.15, 0.2) is 29.0 Å². The van der Waals surface area contributed by atoms with E-state index in [-0.39, 0.29) is 30.3 Å². The van der Waals surface area contributed by atoms with E-state index < -0.39 is 17.5 Å². The van der Waals surface area contributed by atoms with Crippen LogP contribution < -0.4 is 5.73 Å². The zero-order chi connectivity index (χ0) is 25.2. The van der Waals surface area contributed by atoms with Gasteiger partial charge in [-0.2, -0.15) is 0 Å². The number of rotatable bonds is 5. The molecular formula is C28H42N2O6. The molecule has 9 atom stereocenters. The predicted octanol–water partition coefficient (Wildman–Crippen LogP) is 3.50. The van der Waals surface area contributed by atoms with Crippen molar-refractivity contribution < 1.29 is 28.9 Å². The molecule has 0 aromatic carbocycles. The molecule has 4 aliphatic carbocycles. The van der Waals surface area contributed by atoms with Crippen molar-refractivity contribution in [2.45, 2.75) is 76.8 Å². The third-order valence-electron chi connectivity index (χ3n) is 10.7. The number of nitrogens with zero attached hydrogens (tertiary/aromatic N) is 1. The van der Waals surface area contributed by atoms with E-state index in [2.05, 4.69) is 44.2 Å². The third-order valence-corrected chi connectivity index (χ3v) is 10.7. The van der Waals surface area contributed by atoms with E-state index >= 15 is 0 Å². The highest BCUT2D eigenvalue weighted by molar-refractivity contribution is 6.05. The van der Waals surface area contributed by atoms with Crippen LogP contribution in [0.4, 0.5) is 0 Å². The van der Waals surface area contributed by atoms with Gasteiger partial charge in [-0.3, -0.25) is 0 Å². The van der Waals surface area contributed by atoms with Crippen LogP contribution in [-0.2, 0) is 23.8 Å². The molecule has 3 saturated carbocycles. The zero-order valence-electron chi connectivity index (χ0n) is 21.9. The number of hydrogen-bond donors (Lipinski definition) is 2. The number of ether oxygens (including phenoxy) is 4. The SMILES string of the molecule is C[C@H]1C[C@@H]2[C@H]([C@@H](O)C[C@@]3(C)[C@H]2CC[C@@]32OCOC23COCO3)[C@@]2(C)C=CC(=NOCCCCN)C=C12. The average molecular weight is 503 g/mol. The number of aliphatic hydroxyl groups is 1. The molecule has 2 saturated heterocycles. The van der Waals surface area contributed by atoms with Gasteiger partial charge in [0.2, 0.25) is 5.79 Å². The molecule has 2 aliphatic heterocycles. The minimum Gasteiger partial charge on any atom is -0.395 e. The van der Waals surface area contributed by atoms with Crippen molar-refractivity contribution in [3.8, 4) is 0 Å². The Balaban J connectivity index is 1.29. The lowest BCUT2D eigenvalue weighted by Crippen LogP contribution is -2.66. The Morgan fingerprint density at radius 1 is 1.19 bits per heavy atom. The van der Waals surface area contributed by atoms with Gasteiger partial charge >= 0.3 is 0 Å². The van der Waals surface area contributed by atoms with Crippen LogP contribution in [0.3, 0.4) is 0 Å². The molecule has 36 heavy (non-hydrogen) atoms. The molecule has 3 N–H and O–H groups in total. The van der Waals surface area contributed by atoms with E-state index in [1.807, 2.05) is 0 Å². The number of unbranched alkanes of at least 4 members (excludes halogenated alkanes) is 1. The maximum absolute atomic E-state index is 11.9. The molecule has 0 aromatic rings. The Labute approximate surface area is 214 Å². The smallest absolute Gasteiger partial charge is 0.226 e. The Bertz CT molecular complexity index is 954. The van der Waals surface area contributed by atoms with E-state index in [4.69, 9.17) is 29.5 Å². The Morgan fingerprint density at radius 2 is 2.03 bits per heavy atom. The summed E-state index contributed by atoms with van der Waals surface area (Å²) >= 11 is 0. The van der Waals surface area contributed by atoms with Crippen LogP contribution in [0.1, 0.15) is 59.3 Å². The van der Waals surface area contributed by atoms with E-state index in [0.717, 1.165) is 37.8 Å². The molecular weight excluding hydrogens is 460 g/mol. The van der Waals surface area contributed by atoms with Gasteiger partial charge in [0.15, 0.2) is 13.6 Å². The lowest BCUT2D eigenvalue weighted by Gasteiger charge is -2.62. The first-order valence-corrected chi connectivity index (χ1v) is 13.8. The highest BCUT2D eigenvalue weighted by Gasteiger charge is 2.76. The summed E-state index contributed by atoms with van der Waals surface area (Å²) in [5, 5.41) is 16.3. The molecule has 2 heterocycles. The molecule has 1 unspecified atom stereocenters. The van der Waals surface area contributed by atoms with Gasteiger partial charge < -0.3 is 34.6 Å². The van der Waals surface area contributed by atoms with Crippen molar-refractivity contribution in [2.75, 3.05) is 33.3 Å². The fraction of sp³-hybridized carbons (Fsp3) is 0.821. The second kappa shape index (κ2) is 8.89. The number of oxime groups is 1. The fourth-order valence-corrected chi connectivity index (χ4v) is 9.22. The third kappa shape index (κ3) is 3.31. The maximum Gasteiger partial charge on any atom is 0.226 e. The van der Waals surface area contributed by atoms with Gasteiger partial charge in [0.05, 0.1) is 6.10 Å². The summed E-state index contributed by atoms with van der Waals surface area (Å²) in [6, 6.07) is 0. The highest BCUT2D eigenvalue weighted by atomic mass is 16.9. The summed E-state index contributed by atoms with van der Waals surface area (Å²) in [5.74, 6) is 0.475. The minimum atomic E-state index is -0.863. The first-order valence-electron chi connectivity index (χ1n) is 13.8. The molecule has 8 nitrogen and oxygen atoms in total. The lowest BCUT2D eigenvalue weighted by molar-refractivity contribution is -0.256. The molecule has 0 bridgehead atoms. The molecule has 6 rings (SSSR count). The van der Waals surface area contributed by atoms with Crippen molar-refractivity contribution in [3.63, 3.8) is 0 Å². The van der Waals surface area contributed by atoms with E-state index in [1.54, 1.807) is 0 Å². The lowest BCUT2D eigenvalue weighted by atomic mass is 9.44. The van der Waals surface area contributed by atoms with Crippen molar-refractivity contribution >= 4 is 5.71 Å². The van der Waals surface area contributed by atoms with Crippen LogP contribution in [0.5, 0.6) is 0 Å². The number of hydrogen-bond acceptors (Lipinski definition) is 8. The predicted molar refractivity (Wildman–Crippen MR) is 134 cm³/mol. The largest absolute Gasteiger partial charge is 0.395 e. The molecule has 0 aromatic heterocycles. The summed E-state index contributed by atoms with van der Waals surface area (Å²) in [7, 11) is 0. The Kier molecular flexibility index (Phi) is 6.17. The standard InChI is InChI=1S/C28H42N2O6/c1-18-12-20-21-7-9-27(28(35-17-33-27)15-32-16-34-28)26(21,3)14-23(31)24(20)25(2)8-6-19(13-22(18)25)30-36-11-5-4-10-29/h6,8,13,18,20-21,23-24,31H,4-5,7,9-12,14-17,29H2,1-3H3/t18-,20-,21-,23-,24+,25-,26-,27+,28?/m0/s1. The summed E-state index contributed by atoms with van der Waals surface area (Å²) in [6.07, 6.45) is 11.6. The van der Waals surface area contributed by atoms with Gasteiger partial charge in [-0.1, -0.05) is 37.6 Å². The van der Waals surface area contributed by atoms with Gasteiger partial charge in [-0.05, 0) is 75.0 Å². The Morgan fingerprint density at radius 3 is 2.81 bits per heavy atom. The van der Waals surface area contributed by atoms with E-state index in [0.29, 0.717) is 43.9 Å². The van der Waals surface area contributed by atoms with Crippen LogP contribution in [0.25, 0.3) is 0 Å². The van der Waals surface area contributed by atoms with Crippen LogP contribution in [0, 0.1) is 34.5 Å². The van der Waals surface area contributed by atoms with E-state index in [9.17, 15) is 5.11 Å². The molecule has 200 valence electrons. The second-order valence-corrected chi connectivity index (χ2v) is 12.3. The van der Waals surface area contributed by atoms with Gasteiger partial charge in [-0.25, -0.2) is 0 Å². The molecule has 0 amide bonds. The van der Waals surface area contributed by atoms with Crippen LogP contribution in [-0.4, -0.2) is 61.7 Å². The molecule has 0 radical (unpaired) electrons. The van der Waals surface area contributed by atoms with Crippen LogP contribution in [0.2, 0.25) is 0 Å². The summed E-state index contributed by atoms with van der Waals surface area (Å²) in [4.78, 5) is 5.56. The van der Waals surface area contributed by atoms with Gasteiger partial charge in [-0.15, -0.1) is 0 Å². The van der Waals surface area contributed by atoms with Crippen molar-refractivity contribution in [3.05, 3.63) is 23.8 Å². The number of allylic oxidation sites excluding steroid dienone is 4. The maximum atomic E-state index is 11.9. The molecule has 6 aliphatic rings. The number of fused-ring (bicyclic) bond motifs is 7. The highest BCUT2D eigenvalue weighted by Crippen LogP contribution is 2.71. The molecule has 2 spiro atoms. The molecule has 5 fully saturated rings. The topological polar surface area (TPSA) is 105 Å². The fourth-order valence-electron chi connectivity index (χ4n) is 9.22. The number of nitrogens with two attached hydrogens (primary N) is 1. The van der Waals surface area contributed by atoms with Crippen LogP contribution >= 0.6 is 0 Å². The van der Waals surface area contributed by atoms with E-state index in [1.165, 1.54) is 5.57 Å². The second-order valence-electron chi connectivity index (χ2n) is 12.3. The minimum absolute atomic E-state index is 0.149. The van der Waals surface area contributed by atoms with Crippen molar-refractivity contribution in [1.82, 2.24) is 0 Å².